The Kier molecular flexibility index (Phi) is 4.97. The van der Waals surface area contributed by atoms with Gasteiger partial charge in [0.1, 0.15) is 6.04 Å². The molecule has 0 radical (unpaired) electrons. The Morgan fingerprint density at radius 2 is 2.12 bits per heavy atom. The fourth-order valence-corrected chi connectivity index (χ4v) is 3.11. The Balaban J connectivity index is 1.81. The molecule has 0 spiro atoms. The topological polar surface area (TPSA) is 79.8 Å². The predicted octanol–water partition coefficient (Wildman–Crippen LogP) is 2.88. The number of fused-ring (bicyclic) bond motifs is 1. The number of aromatic amines is 1. The summed E-state index contributed by atoms with van der Waals surface area (Å²) in [5.41, 5.74) is 2.54. The van der Waals surface area contributed by atoms with E-state index in [1.54, 1.807) is 25.6 Å². The van der Waals surface area contributed by atoms with Crippen LogP contribution >= 0.6 is 0 Å². The Labute approximate surface area is 146 Å². The Morgan fingerprint density at radius 3 is 2.80 bits per heavy atom. The number of H-pyrrole nitrogens is 1. The van der Waals surface area contributed by atoms with Crippen molar-refractivity contribution in [3.8, 4) is 0 Å². The Bertz CT molecular complexity index is 880. The third kappa shape index (κ3) is 3.47. The van der Waals surface area contributed by atoms with Crippen LogP contribution in [-0.2, 0) is 11.2 Å². The smallest absolute Gasteiger partial charge is 0.243 e. The average molecular weight is 338 g/mol. The lowest BCUT2D eigenvalue weighted by molar-refractivity contribution is -0.124. The minimum Gasteiger partial charge on any atom is -0.354 e. The van der Waals surface area contributed by atoms with E-state index in [2.05, 4.69) is 15.3 Å². The second kappa shape index (κ2) is 7.34. The second-order valence-corrected chi connectivity index (χ2v) is 6.07. The zero-order chi connectivity index (χ0) is 17.8. The minimum atomic E-state index is -0.347. The highest BCUT2D eigenvalue weighted by molar-refractivity contribution is 6.07. The summed E-state index contributed by atoms with van der Waals surface area (Å²) < 4.78 is 1.91. The molecule has 0 saturated carbocycles. The summed E-state index contributed by atoms with van der Waals surface area (Å²) in [5, 5.41) is 3.87. The van der Waals surface area contributed by atoms with Gasteiger partial charge in [-0.3, -0.25) is 9.59 Å². The molecule has 0 saturated heterocycles. The van der Waals surface area contributed by atoms with Crippen LogP contribution in [0.3, 0.4) is 0 Å². The largest absolute Gasteiger partial charge is 0.354 e. The van der Waals surface area contributed by atoms with E-state index in [1.165, 1.54) is 0 Å². The number of carbonyl (C=O) groups excluding carboxylic acids is 2. The van der Waals surface area contributed by atoms with Crippen molar-refractivity contribution in [3.05, 3.63) is 54.2 Å². The van der Waals surface area contributed by atoms with Crippen LogP contribution in [-0.4, -0.2) is 32.8 Å². The number of rotatable bonds is 7. The summed E-state index contributed by atoms with van der Waals surface area (Å²) in [6.45, 7) is 4.06. The summed E-state index contributed by atoms with van der Waals surface area (Å²) >= 11 is 0. The lowest BCUT2D eigenvalue weighted by atomic mass is 10.1. The number of carbonyl (C=O) groups is 2. The lowest BCUT2D eigenvalue weighted by Crippen LogP contribution is -2.33. The highest BCUT2D eigenvalue weighted by Gasteiger charge is 2.22. The molecule has 1 atom stereocenters. The summed E-state index contributed by atoms with van der Waals surface area (Å²) in [5.74, 6) is -0.0395. The number of imidazole rings is 1. The van der Waals surface area contributed by atoms with Gasteiger partial charge in [-0.15, -0.1) is 0 Å². The molecule has 2 aromatic heterocycles. The molecule has 1 amide bonds. The summed E-state index contributed by atoms with van der Waals surface area (Å²) in [7, 11) is 0. The number of hydrogen-bond donors (Lipinski definition) is 2. The van der Waals surface area contributed by atoms with Gasteiger partial charge in [0.2, 0.25) is 5.91 Å². The third-order valence-electron chi connectivity index (χ3n) is 4.39. The fourth-order valence-electron chi connectivity index (χ4n) is 3.11. The van der Waals surface area contributed by atoms with Gasteiger partial charge in [-0.05, 0) is 19.4 Å². The number of para-hydroxylation sites is 1. The van der Waals surface area contributed by atoms with E-state index in [-0.39, 0.29) is 17.7 Å². The van der Waals surface area contributed by atoms with Crippen LogP contribution in [0.2, 0.25) is 0 Å². The van der Waals surface area contributed by atoms with Crippen LogP contribution in [0.5, 0.6) is 0 Å². The van der Waals surface area contributed by atoms with E-state index in [0.29, 0.717) is 24.9 Å². The number of nitrogens with one attached hydrogen (secondary N) is 2. The number of ketones is 1. The van der Waals surface area contributed by atoms with E-state index < -0.39 is 0 Å². The fraction of sp³-hybridized carbons (Fsp3) is 0.316. The van der Waals surface area contributed by atoms with Crippen molar-refractivity contribution in [2.24, 2.45) is 0 Å². The van der Waals surface area contributed by atoms with Crippen molar-refractivity contribution in [3.63, 3.8) is 0 Å². The highest BCUT2D eigenvalue weighted by atomic mass is 16.2. The van der Waals surface area contributed by atoms with Gasteiger partial charge < -0.3 is 14.9 Å². The first-order valence-corrected chi connectivity index (χ1v) is 8.47. The molecule has 3 rings (SSSR count). The SMILES string of the molecule is CCC(C(=O)NCCc1cnc[nH]1)n1cc(C(C)=O)c2ccccc21. The molecule has 6 heteroatoms. The van der Waals surface area contributed by atoms with Crippen molar-refractivity contribution < 1.29 is 9.59 Å². The quantitative estimate of drug-likeness (QED) is 0.650. The molecule has 25 heavy (non-hydrogen) atoms. The van der Waals surface area contributed by atoms with Crippen molar-refractivity contribution in [1.82, 2.24) is 19.9 Å². The van der Waals surface area contributed by atoms with Crippen molar-refractivity contribution >= 4 is 22.6 Å². The highest BCUT2D eigenvalue weighted by Crippen LogP contribution is 2.26. The average Bonchev–Trinajstić information content (AvgIpc) is 3.24. The molecule has 0 fully saturated rings. The van der Waals surface area contributed by atoms with Crippen LogP contribution in [0.15, 0.2) is 43.0 Å². The van der Waals surface area contributed by atoms with Crippen molar-refractivity contribution in [2.45, 2.75) is 32.7 Å². The monoisotopic (exact) mass is 338 g/mol. The Morgan fingerprint density at radius 1 is 1.32 bits per heavy atom. The van der Waals surface area contributed by atoms with Gasteiger partial charge in [0, 0.05) is 47.5 Å². The van der Waals surface area contributed by atoms with Gasteiger partial charge in [0.15, 0.2) is 5.78 Å². The standard InChI is InChI=1S/C19H22N4O2/c1-3-17(19(25)21-9-8-14-10-20-12-22-14)23-11-16(13(2)24)15-6-4-5-7-18(15)23/h4-7,10-12,17H,3,8-9H2,1-2H3,(H,20,22)(H,21,25). The number of hydrogen-bond acceptors (Lipinski definition) is 3. The molecule has 0 aliphatic carbocycles. The molecule has 2 heterocycles. The maximum atomic E-state index is 12.7. The van der Waals surface area contributed by atoms with Crippen LogP contribution in [0.4, 0.5) is 0 Å². The van der Waals surface area contributed by atoms with Gasteiger partial charge in [0.25, 0.3) is 0 Å². The molecule has 3 aromatic rings. The van der Waals surface area contributed by atoms with Gasteiger partial charge >= 0.3 is 0 Å². The molecule has 1 aromatic carbocycles. The molecule has 2 N–H and O–H groups in total. The first-order valence-electron chi connectivity index (χ1n) is 8.47. The molecule has 1 unspecified atom stereocenters. The Hall–Kier alpha value is -2.89. The lowest BCUT2D eigenvalue weighted by Gasteiger charge is -2.18. The van der Waals surface area contributed by atoms with E-state index in [4.69, 9.17) is 0 Å². The van der Waals surface area contributed by atoms with Crippen LogP contribution < -0.4 is 5.32 Å². The van der Waals surface area contributed by atoms with E-state index >= 15 is 0 Å². The maximum Gasteiger partial charge on any atom is 0.243 e. The molecule has 6 nitrogen and oxygen atoms in total. The number of amides is 1. The third-order valence-corrected chi connectivity index (χ3v) is 4.39. The van der Waals surface area contributed by atoms with Crippen LogP contribution in [0, 0.1) is 0 Å². The molecular formula is C19H22N4O2. The molecule has 0 aliphatic heterocycles. The zero-order valence-corrected chi connectivity index (χ0v) is 14.5. The van der Waals surface area contributed by atoms with Crippen LogP contribution in [0.25, 0.3) is 10.9 Å². The zero-order valence-electron chi connectivity index (χ0n) is 14.5. The van der Waals surface area contributed by atoms with E-state index in [1.807, 2.05) is 35.8 Å². The van der Waals surface area contributed by atoms with Gasteiger partial charge in [-0.2, -0.15) is 0 Å². The molecule has 130 valence electrons. The van der Waals surface area contributed by atoms with Crippen LogP contribution in [0.1, 0.15) is 42.4 Å². The summed E-state index contributed by atoms with van der Waals surface area (Å²) in [6, 6.07) is 7.35. The minimum absolute atomic E-state index is 0.00413. The number of benzene rings is 1. The summed E-state index contributed by atoms with van der Waals surface area (Å²) in [4.78, 5) is 31.6. The van der Waals surface area contributed by atoms with E-state index in [0.717, 1.165) is 16.6 Å². The van der Waals surface area contributed by atoms with Gasteiger partial charge in [-0.1, -0.05) is 25.1 Å². The second-order valence-electron chi connectivity index (χ2n) is 6.07. The van der Waals surface area contributed by atoms with Gasteiger partial charge in [0.05, 0.1) is 6.33 Å². The molecular weight excluding hydrogens is 316 g/mol. The van der Waals surface area contributed by atoms with Gasteiger partial charge in [-0.25, -0.2) is 4.98 Å². The van der Waals surface area contributed by atoms with Crippen molar-refractivity contribution in [1.29, 1.82) is 0 Å². The predicted molar refractivity (Wildman–Crippen MR) is 96.6 cm³/mol. The van der Waals surface area contributed by atoms with E-state index in [9.17, 15) is 9.59 Å². The number of aromatic nitrogens is 3. The first kappa shape index (κ1) is 17.0. The molecule has 0 aliphatic rings. The maximum absolute atomic E-state index is 12.7. The summed E-state index contributed by atoms with van der Waals surface area (Å²) in [6.07, 6.45) is 6.53. The number of Topliss-reactive ketones (excluding diaryl/α,β-unsaturated/α-hetero) is 1. The normalized spacial score (nSPS) is 12.2. The van der Waals surface area contributed by atoms with Crippen molar-refractivity contribution in [2.75, 3.05) is 6.54 Å². The number of nitrogens with zero attached hydrogens (tertiary/aromatic N) is 2. The molecule has 0 bridgehead atoms. The first-order chi connectivity index (χ1) is 12.1.